The van der Waals surface area contributed by atoms with E-state index in [1.165, 1.54) is 0 Å². The standard InChI is InChI=1S/C18H13Cl2N5O/c1-10-14(17(20)25(24-10)13-5-2-11(19)3-6-13)9-21-12-4-7-15-16(8-12)23-18(26)22-15/h2-9H,1H3,(H2,22,23,26). The first-order chi connectivity index (χ1) is 12.5. The molecule has 4 rings (SSSR count). The van der Waals surface area contributed by atoms with Gasteiger partial charge in [-0.1, -0.05) is 23.2 Å². The molecule has 2 aromatic heterocycles. The maximum Gasteiger partial charge on any atom is 0.323 e. The van der Waals surface area contributed by atoms with Crippen LogP contribution in [0.5, 0.6) is 0 Å². The van der Waals surface area contributed by atoms with E-state index in [2.05, 4.69) is 20.1 Å². The maximum absolute atomic E-state index is 11.3. The van der Waals surface area contributed by atoms with Crippen molar-refractivity contribution in [2.24, 2.45) is 4.99 Å². The number of hydrogen-bond acceptors (Lipinski definition) is 3. The van der Waals surface area contributed by atoms with Crippen molar-refractivity contribution in [1.29, 1.82) is 0 Å². The average molecular weight is 386 g/mol. The number of nitrogens with one attached hydrogen (secondary N) is 2. The first-order valence-electron chi connectivity index (χ1n) is 7.78. The van der Waals surface area contributed by atoms with Gasteiger partial charge in [-0.05, 0) is 49.4 Å². The smallest absolute Gasteiger partial charge is 0.306 e. The topological polar surface area (TPSA) is 78.8 Å². The second-order valence-corrected chi connectivity index (χ2v) is 6.54. The molecule has 0 fully saturated rings. The predicted octanol–water partition coefficient (Wildman–Crippen LogP) is 4.41. The van der Waals surface area contributed by atoms with E-state index >= 15 is 0 Å². The molecule has 0 atom stereocenters. The summed E-state index contributed by atoms with van der Waals surface area (Å²) >= 11 is 12.4. The molecule has 4 aromatic rings. The van der Waals surface area contributed by atoms with Crippen LogP contribution in [0.15, 0.2) is 52.3 Å². The molecule has 6 nitrogen and oxygen atoms in total. The van der Waals surface area contributed by atoms with E-state index in [-0.39, 0.29) is 5.69 Å². The third-order valence-corrected chi connectivity index (χ3v) is 4.58. The van der Waals surface area contributed by atoms with Crippen molar-refractivity contribution in [1.82, 2.24) is 19.7 Å². The second kappa shape index (κ2) is 6.48. The zero-order valence-electron chi connectivity index (χ0n) is 13.6. The number of H-pyrrole nitrogens is 2. The molecule has 130 valence electrons. The quantitative estimate of drug-likeness (QED) is 0.512. The molecule has 0 saturated heterocycles. The molecule has 0 amide bonds. The normalized spacial score (nSPS) is 11.7. The molecule has 2 heterocycles. The summed E-state index contributed by atoms with van der Waals surface area (Å²) in [6, 6.07) is 12.7. The second-order valence-electron chi connectivity index (χ2n) is 5.75. The Balaban J connectivity index is 1.69. The molecule has 0 aliphatic heterocycles. The van der Waals surface area contributed by atoms with Gasteiger partial charge in [0.25, 0.3) is 0 Å². The molecule has 0 radical (unpaired) electrons. The molecule has 0 unspecified atom stereocenters. The summed E-state index contributed by atoms with van der Waals surface area (Å²) in [7, 11) is 0. The summed E-state index contributed by atoms with van der Waals surface area (Å²) in [5.41, 5.74) is 4.18. The van der Waals surface area contributed by atoms with Gasteiger partial charge >= 0.3 is 5.69 Å². The fourth-order valence-electron chi connectivity index (χ4n) is 2.65. The lowest BCUT2D eigenvalue weighted by atomic mass is 10.2. The van der Waals surface area contributed by atoms with Gasteiger partial charge in [-0.15, -0.1) is 0 Å². The number of aromatic nitrogens is 4. The van der Waals surface area contributed by atoms with Crippen LogP contribution in [0.4, 0.5) is 5.69 Å². The van der Waals surface area contributed by atoms with Crippen molar-refractivity contribution < 1.29 is 0 Å². The summed E-state index contributed by atoms with van der Waals surface area (Å²) in [6.07, 6.45) is 1.67. The first kappa shape index (κ1) is 16.6. The third-order valence-electron chi connectivity index (χ3n) is 3.96. The highest BCUT2D eigenvalue weighted by Crippen LogP contribution is 2.24. The van der Waals surface area contributed by atoms with Crippen molar-refractivity contribution in [3.05, 3.63) is 74.4 Å². The summed E-state index contributed by atoms with van der Waals surface area (Å²) in [5.74, 6) is 0. The van der Waals surface area contributed by atoms with Crippen molar-refractivity contribution in [3.8, 4) is 5.69 Å². The number of halogens is 2. The van der Waals surface area contributed by atoms with E-state index in [9.17, 15) is 4.79 Å². The van der Waals surface area contributed by atoms with E-state index in [1.807, 2.05) is 25.1 Å². The Kier molecular flexibility index (Phi) is 4.14. The monoisotopic (exact) mass is 385 g/mol. The highest BCUT2D eigenvalue weighted by atomic mass is 35.5. The molecular formula is C18H13Cl2N5O. The number of nitrogens with zero attached hydrogens (tertiary/aromatic N) is 3. The predicted molar refractivity (Wildman–Crippen MR) is 104 cm³/mol. The van der Waals surface area contributed by atoms with Gasteiger partial charge in [-0.25, -0.2) is 9.48 Å². The SMILES string of the molecule is Cc1nn(-c2ccc(Cl)cc2)c(Cl)c1C=Nc1ccc2[nH]c(=O)[nH]c2c1. The molecular weight excluding hydrogens is 373 g/mol. The van der Waals surface area contributed by atoms with Crippen LogP contribution in [-0.2, 0) is 0 Å². The molecule has 2 N–H and O–H groups in total. The van der Waals surface area contributed by atoms with Crippen LogP contribution in [0, 0.1) is 6.92 Å². The van der Waals surface area contributed by atoms with Gasteiger partial charge in [0.15, 0.2) is 0 Å². The third kappa shape index (κ3) is 3.05. The van der Waals surface area contributed by atoms with Gasteiger partial charge in [-0.3, -0.25) is 4.99 Å². The van der Waals surface area contributed by atoms with Gasteiger partial charge in [0.05, 0.1) is 33.7 Å². The Morgan fingerprint density at radius 2 is 1.81 bits per heavy atom. The largest absolute Gasteiger partial charge is 0.323 e. The van der Waals surface area contributed by atoms with Gasteiger partial charge < -0.3 is 9.97 Å². The Hall–Kier alpha value is -2.83. The molecule has 0 saturated carbocycles. The van der Waals surface area contributed by atoms with E-state index in [0.717, 1.165) is 22.5 Å². The zero-order valence-corrected chi connectivity index (χ0v) is 15.1. The van der Waals surface area contributed by atoms with Crippen LogP contribution in [0.1, 0.15) is 11.3 Å². The summed E-state index contributed by atoms with van der Waals surface area (Å²) in [5, 5.41) is 5.58. The zero-order chi connectivity index (χ0) is 18.3. The number of aromatic amines is 2. The minimum absolute atomic E-state index is 0.246. The van der Waals surface area contributed by atoms with Crippen LogP contribution in [0.3, 0.4) is 0 Å². The Morgan fingerprint density at radius 3 is 2.58 bits per heavy atom. The van der Waals surface area contributed by atoms with Crippen molar-refractivity contribution >= 4 is 46.1 Å². The van der Waals surface area contributed by atoms with Crippen LogP contribution in [-0.4, -0.2) is 26.0 Å². The molecule has 0 spiro atoms. The van der Waals surface area contributed by atoms with Gasteiger partial charge in [0.1, 0.15) is 5.15 Å². The lowest BCUT2D eigenvalue weighted by molar-refractivity contribution is 0.863. The molecule has 2 aromatic carbocycles. The highest BCUT2D eigenvalue weighted by Gasteiger charge is 2.13. The van der Waals surface area contributed by atoms with Crippen molar-refractivity contribution in [3.63, 3.8) is 0 Å². The lowest BCUT2D eigenvalue weighted by Crippen LogP contribution is -1.99. The highest BCUT2D eigenvalue weighted by molar-refractivity contribution is 6.32. The lowest BCUT2D eigenvalue weighted by Gasteiger charge is -2.02. The first-order valence-corrected chi connectivity index (χ1v) is 8.54. The Labute approximate surface area is 158 Å². The molecule has 26 heavy (non-hydrogen) atoms. The Morgan fingerprint density at radius 1 is 1.08 bits per heavy atom. The molecule has 8 heteroatoms. The summed E-state index contributed by atoms with van der Waals surface area (Å²) < 4.78 is 1.64. The Bertz CT molecular complexity index is 1180. The number of aryl methyl sites for hydroxylation is 1. The van der Waals surface area contributed by atoms with Gasteiger partial charge in [0, 0.05) is 11.2 Å². The molecule has 0 bridgehead atoms. The number of fused-ring (bicyclic) bond motifs is 1. The van der Waals surface area contributed by atoms with Crippen LogP contribution >= 0.6 is 23.2 Å². The fraction of sp³-hybridized carbons (Fsp3) is 0.0556. The van der Waals surface area contributed by atoms with Crippen molar-refractivity contribution in [2.45, 2.75) is 6.92 Å². The van der Waals surface area contributed by atoms with Gasteiger partial charge in [0.2, 0.25) is 0 Å². The minimum atomic E-state index is -0.246. The van der Waals surface area contributed by atoms with E-state index in [4.69, 9.17) is 23.2 Å². The van der Waals surface area contributed by atoms with E-state index in [1.54, 1.807) is 35.2 Å². The number of benzene rings is 2. The van der Waals surface area contributed by atoms with Crippen LogP contribution in [0.2, 0.25) is 10.2 Å². The molecule has 0 aliphatic carbocycles. The average Bonchev–Trinajstić information content (AvgIpc) is 3.12. The number of aliphatic imine (C=N–C) groups is 1. The fourth-order valence-corrected chi connectivity index (χ4v) is 3.10. The van der Waals surface area contributed by atoms with Crippen molar-refractivity contribution in [2.75, 3.05) is 0 Å². The van der Waals surface area contributed by atoms with Crippen LogP contribution < -0.4 is 5.69 Å². The number of hydrogen-bond donors (Lipinski definition) is 2. The maximum atomic E-state index is 11.3. The summed E-state index contributed by atoms with van der Waals surface area (Å²) in [6.45, 7) is 1.87. The van der Waals surface area contributed by atoms with Crippen LogP contribution in [0.25, 0.3) is 16.7 Å². The number of imidazole rings is 1. The van der Waals surface area contributed by atoms with Gasteiger partial charge in [-0.2, -0.15) is 5.10 Å². The summed E-state index contributed by atoms with van der Waals surface area (Å²) in [4.78, 5) is 21.2. The minimum Gasteiger partial charge on any atom is -0.306 e. The van der Waals surface area contributed by atoms with E-state index < -0.39 is 0 Å². The molecule has 0 aliphatic rings. The van der Waals surface area contributed by atoms with E-state index in [0.29, 0.717) is 21.4 Å². The number of rotatable bonds is 3.